The Morgan fingerprint density at radius 2 is 2.29 bits per heavy atom. The first-order valence-corrected chi connectivity index (χ1v) is 4.12. The zero-order valence-corrected chi connectivity index (χ0v) is 7.89. The number of ketones is 1. The summed E-state index contributed by atoms with van der Waals surface area (Å²) in [5.74, 6) is -0.163. The summed E-state index contributed by atoms with van der Waals surface area (Å²) in [5, 5.41) is 7.75. The van der Waals surface area contributed by atoms with E-state index in [-0.39, 0.29) is 5.78 Å². The van der Waals surface area contributed by atoms with Gasteiger partial charge in [-0.2, -0.15) is 15.0 Å². The van der Waals surface area contributed by atoms with Gasteiger partial charge in [-0.05, 0) is 12.5 Å². The molecule has 2 heterocycles. The third-order valence-electron chi connectivity index (χ3n) is 1.93. The molecule has 0 aliphatic heterocycles. The Labute approximate surface area is 80.3 Å². The number of furan rings is 1. The fourth-order valence-electron chi connectivity index (χ4n) is 1.18. The number of rotatable bonds is 2. The van der Waals surface area contributed by atoms with E-state index in [1.54, 1.807) is 7.05 Å². The molecule has 5 heteroatoms. The Morgan fingerprint density at radius 1 is 1.50 bits per heavy atom. The molecule has 0 atom stereocenters. The SMILES string of the molecule is Cc1cocc1C(=O)c1cnn(C)n1. The Balaban J connectivity index is 2.38. The van der Waals surface area contributed by atoms with Crippen molar-refractivity contribution in [1.82, 2.24) is 15.0 Å². The zero-order valence-electron chi connectivity index (χ0n) is 7.89. The Kier molecular flexibility index (Phi) is 1.92. The average Bonchev–Trinajstić information content (AvgIpc) is 2.73. The van der Waals surface area contributed by atoms with Crippen molar-refractivity contribution in [2.75, 3.05) is 0 Å². The topological polar surface area (TPSA) is 60.9 Å². The number of carbonyl (C=O) groups is 1. The normalized spacial score (nSPS) is 10.4. The Morgan fingerprint density at radius 3 is 2.79 bits per heavy atom. The summed E-state index contributed by atoms with van der Waals surface area (Å²) in [6, 6.07) is 0. The smallest absolute Gasteiger partial charge is 0.218 e. The van der Waals surface area contributed by atoms with Gasteiger partial charge in [0.05, 0.1) is 18.0 Å². The van der Waals surface area contributed by atoms with Gasteiger partial charge in [-0.25, -0.2) is 0 Å². The minimum atomic E-state index is -0.163. The second kappa shape index (κ2) is 3.10. The standard InChI is InChI=1S/C9H9N3O2/c1-6-4-14-5-7(6)9(13)8-3-10-12(2)11-8/h3-5H,1-2H3. The van der Waals surface area contributed by atoms with Crippen molar-refractivity contribution in [3.8, 4) is 0 Å². The van der Waals surface area contributed by atoms with Gasteiger partial charge in [0.2, 0.25) is 5.78 Å². The lowest BCUT2D eigenvalue weighted by molar-refractivity contribution is 0.103. The van der Waals surface area contributed by atoms with Gasteiger partial charge in [0.1, 0.15) is 6.26 Å². The second-order valence-electron chi connectivity index (χ2n) is 3.02. The molecule has 0 fully saturated rings. The first-order valence-electron chi connectivity index (χ1n) is 4.12. The number of hydrogen-bond acceptors (Lipinski definition) is 4. The molecule has 0 aromatic carbocycles. The fraction of sp³-hybridized carbons (Fsp3) is 0.222. The molecular formula is C9H9N3O2. The second-order valence-corrected chi connectivity index (χ2v) is 3.02. The maximum absolute atomic E-state index is 11.8. The van der Waals surface area contributed by atoms with E-state index >= 15 is 0 Å². The third kappa shape index (κ3) is 1.32. The molecule has 5 nitrogen and oxygen atoms in total. The highest BCUT2D eigenvalue weighted by Crippen LogP contribution is 2.12. The summed E-state index contributed by atoms with van der Waals surface area (Å²) < 4.78 is 4.92. The number of aromatic nitrogens is 3. The van der Waals surface area contributed by atoms with E-state index in [1.807, 2.05) is 6.92 Å². The monoisotopic (exact) mass is 191 g/mol. The predicted molar refractivity (Wildman–Crippen MR) is 47.9 cm³/mol. The Hall–Kier alpha value is -1.91. The molecule has 0 aliphatic carbocycles. The third-order valence-corrected chi connectivity index (χ3v) is 1.93. The van der Waals surface area contributed by atoms with Crippen molar-refractivity contribution in [1.29, 1.82) is 0 Å². The number of hydrogen-bond donors (Lipinski definition) is 0. The molecule has 0 amide bonds. The van der Waals surface area contributed by atoms with E-state index < -0.39 is 0 Å². The van der Waals surface area contributed by atoms with Crippen LogP contribution in [-0.4, -0.2) is 20.8 Å². The lowest BCUT2D eigenvalue weighted by Gasteiger charge is -1.92. The highest BCUT2D eigenvalue weighted by molar-refractivity contribution is 6.08. The van der Waals surface area contributed by atoms with Crippen LogP contribution in [0, 0.1) is 6.92 Å². The van der Waals surface area contributed by atoms with Gasteiger partial charge in [0.25, 0.3) is 0 Å². The van der Waals surface area contributed by atoms with Crippen molar-refractivity contribution in [2.45, 2.75) is 6.92 Å². The molecule has 2 aromatic heterocycles. The first-order chi connectivity index (χ1) is 6.68. The molecule has 2 aromatic rings. The molecule has 0 radical (unpaired) electrons. The summed E-state index contributed by atoms with van der Waals surface area (Å²) >= 11 is 0. The van der Waals surface area contributed by atoms with E-state index in [9.17, 15) is 4.79 Å². The highest BCUT2D eigenvalue weighted by Gasteiger charge is 2.16. The zero-order chi connectivity index (χ0) is 10.1. The number of aryl methyl sites for hydroxylation is 2. The molecular weight excluding hydrogens is 182 g/mol. The van der Waals surface area contributed by atoms with Crippen LogP contribution in [0.25, 0.3) is 0 Å². The molecule has 14 heavy (non-hydrogen) atoms. The van der Waals surface area contributed by atoms with Gasteiger partial charge >= 0.3 is 0 Å². The minimum Gasteiger partial charge on any atom is -0.472 e. The highest BCUT2D eigenvalue weighted by atomic mass is 16.3. The van der Waals surface area contributed by atoms with Crippen molar-refractivity contribution < 1.29 is 9.21 Å². The van der Waals surface area contributed by atoms with Gasteiger partial charge in [-0.15, -0.1) is 0 Å². The van der Waals surface area contributed by atoms with Crippen molar-refractivity contribution in [2.24, 2.45) is 7.05 Å². The van der Waals surface area contributed by atoms with E-state index in [1.165, 1.54) is 23.5 Å². The maximum atomic E-state index is 11.8. The van der Waals surface area contributed by atoms with Crippen LogP contribution in [0.4, 0.5) is 0 Å². The van der Waals surface area contributed by atoms with Crippen molar-refractivity contribution in [3.05, 3.63) is 35.5 Å². The van der Waals surface area contributed by atoms with Crippen LogP contribution in [0.5, 0.6) is 0 Å². The van der Waals surface area contributed by atoms with E-state index in [0.29, 0.717) is 11.3 Å². The van der Waals surface area contributed by atoms with E-state index in [2.05, 4.69) is 10.2 Å². The van der Waals surface area contributed by atoms with Crippen molar-refractivity contribution >= 4 is 5.78 Å². The molecule has 0 saturated heterocycles. The van der Waals surface area contributed by atoms with Crippen LogP contribution in [-0.2, 0) is 7.05 Å². The quantitative estimate of drug-likeness (QED) is 0.663. The summed E-state index contributed by atoms with van der Waals surface area (Å²) in [6.07, 6.45) is 4.39. The summed E-state index contributed by atoms with van der Waals surface area (Å²) in [7, 11) is 1.67. The predicted octanol–water partition coefficient (Wildman–Crippen LogP) is 0.948. The fourth-order valence-corrected chi connectivity index (χ4v) is 1.18. The Bertz CT molecular complexity index is 470. The molecule has 0 aliphatic rings. The largest absolute Gasteiger partial charge is 0.472 e. The minimum absolute atomic E-state index is 0.163. The van der Waals surface area contributed by atoms with E-state index in [4.69, 9.17) is 4.42 Å². The number of nitrogens with zero attached hydrogens (tertiary/aromatic N) is 3. The van der Waals surface area contributed by atoms with E-state index in [0.717, 1.165) is 5.56 Å². The lowest BCUT2D eigenvalue weighted by atomic mass is 10.1. The van der Waals surface area contributed by atoms with Crippen LogP contribution in [0.2, 0.25) is 0 Å². The summed E-state index contributed by atoms with van der Waals surface area (Å²) in [4.78, 5) is 13.1. The van der Waals surface area contributed by atoms with Crippen LogP contribution in [0.3, 0.4) is 0 Å². The van der Waals surface area contributed by atoms with Crippen LogP contribution in [0.15, 0.2) is 23.1 Å². The molecule has 0 N–H and O–H groups in total. The average molecular weight is 191 g/mol. The molecule has 72 valence electrons. The van der Waals surface area contributed by atoms with Crippen LogP contribution >= 0.6 is 0 Å². The van der Waals surface area contributed by atoms with Gasteiger partial charge in [-0.3, -0.25) is 4.79 Å². The lowest BCUT2D eigenvalue weighted by Crippen LogP contribution is -2.03. The van der Waals surface area contributed by atoms with Gasteiger partial charge in [0.15, 0.2) is 5.69 Å². The number of carbonyl (C=O) groups excluding carboxylic acids is 1. The van der Waals surface area contributed by atoms with Crippen LogP contribution in [0.1, 0.15) is 21.6 Å². The summed E-state index contributed by atoms with van der Waals surface area (Å²) in [6.45, 7) is 1.81. The molecule has 0 saturated carbocycles. The molecule has 0 spiro atoms. The molecule has 0 bridgehead atoms. The van der Waals surface area contributed by atoms with Crippen LogP contribution < -0.4 is 0 Å². The molecule has 0 unspecified atom stereocenters. The van der Waals surface area contributed by atoms with Gasteiger partial charge in [-0.1, -0.05) is 0 Å². The maximum Gasteiger partial charge on any atom is 0.218 e. The van der Waals surface area contributed by atoms with Gasteiger partial charge in [0, 0.05) is 7.05 Å². The molecule has 2 rings (SSSR count). The van der Waals surface area contributed by atoms with Gasteiger partial charge < -0.3 is 4.42 Å². The summed E-state index contributed by atoms with van der Waals surface area (Å²) in [5.41, 5.74) is 1.67. The first kappa shape index (κ1) is 8.68. The van der Waals surface area contributed by atoms with Crippen molar-refractivity contribution in [3.63, 3.8) is 0 Å².